The molecule has 4 aliphatic rings. The maximum absolute atomic E-state index is 15.6. The highest BCUT2D eigenvalue weighted by atomic mass is 19.1. The molecule has 0 spiro atoms. The van der Waals surface area contributed by atoms with E-state index in [4.69, 9.17) is 4.52 Å². The third-order valence-electron chi connectivity index (χ3n) is 10.8. The summed E-state index contributed by atoms with van der Waals surface area (Å²) >= 11 is 0. The number of carbonyl (C=O) groups excluding carboxylic acids is 3. The van der Waals surface area contributed by atoms with Gasteiger partial charge in [-0.25, -0.2) is 4.39 Å². The van der Waals surface area contributed by atoms with E-state index in [1.165, 1.54) is 11.0 Å². The van der Waals surface area contributed by atoms with E-state index in [9.17, 15) is 19.6 Å². The van der Waals surface area contributed by atoms with E-state index in [0.29, 0.717) is 30.9 Å². The predicted octanol–water partition coefficient (Wildman–Crippen LogP) is 6.00. The number of nitrogens with zero attached hydrogens (tertiary/aromatic N) is 5. The first kappa shape index (κ1) is 31.7. The maximum Gasteiger partial charge on any atom is 0.255 e. The van der Waals surface area contributed by atoms with Crippen molar-refractivity contribution in [2.45, 2.75) is 64.5 Å². The minimum Gasteiger partial charge on any atom is -0.368 e. The van der Waals surface area contributed by atoms with Crippen molar-refractivity contribution in [2.75, 3.05) is 29.4 Å². The molecule has 50 heavy (non-hydrogen) atoms. The van der Waals surface area contributed by atoms with Crippen LogP contribution >= 0.6 is 0 Å². The average molecular weight is 673 g/mol. The minimum absolute atomic E-state index is 0.163. The molecule has 4 heterocycles. The number of amides is 3. The summed E-state index contributed by atoms with van der Waals surface area (Å²) in [6.07, 6.45) is 2.18. The molecule has 1 N–H and O–H groups in total. The number of nitriles is 1. The van der Waals surface area contributed by atoms with Gasteiger partial charge < -0.3 is 19.2 Å². The van der Waals surface area contributed by atoms with Gasteiger partial charge in [-0.3, -0.25) is 19.7 Å². The lowest BCUT2D eigenvalue weighted by atomic mass is 9.94. The molecule has 11 heteroatoms. The highest BCUT2D eigenvalue weighted by molar-refractivity contribution is 6.05. The van der Waals surface area contributed by atoms with Crippen LogP contribution in [0.3, 0.4) is 0 Å². The van der Waals surface area contributed by atoms with Crippen LogP contribution in [0.2, 0.25) is 0 Å². The SMILES string of the molecule is Cc1ccc(-c2c(C)noc2C)cc1N(CC1CN(c2cc3c(cc2F)C(=O)N(C2CCC(=O)NC2=O)C3)C1)c1ccc(C2(C#N)CC2)cc1. The fraction of sp³-hybridized carbons (Fsp3) is 0.359. The number of benzene rings is 3. The van der Waals surface area contributed by atoms with Crippen molar-refractivity contribution in [2.24, 2.45) is 5.92 Å². The summed E-state index contributed by atoms with van der Waals surface area (Å²) in [6.45, 7) is 8.06. The first-order valence-electron chi connectivity index (χ1n) is 17.1. The van der Waals surface area contributed by atoms with Crippen LogP contribution in [0.15, 0.2) is 59.1 Å². The van der Waals surface area contributed by atoms with Gasteiger partial charge in [0.2, 0.25) is 11.8 Å². The Morgan fingerprint density at radius 3 is 2.48 bits per heavy atom. The van der Waals surface area contributed by atoms with Gasteiger partial charge >= 0.3 is 0 Å². The average Bonchev–Trinajstić information content (AvgIpc) is 3.73. The number of piperidine rings is 1. The highest BCUT2D eigenvalue weighted by Crippen LogP contribution is 2.48. The molecular weight excluding hydrogens is 635 g/mol. The van der Waals surface area contributed by atoms with Gasteiger partial charge in [-0.05, 0) is 92.6 Å². The van der Waals surface area contributed by atoms with Gasteiger partial charge in [0.25, 0.3) is 5.91 Å². The fourth-order valence-corrected chi connectivity index (χ4v) is 7.80. The number of aromatic nitrogens is 1. The van der Waals surface area contributed by atoms with Crippen LogP contribution in [-0.4, -0.2) is 53.5 Å². The molecule has 3 amide bonds. The second-order valence-electron chi connectivity index (χ2n) is 14.2. The van der Waals surface area contributed by atoms with E-state index in [1.807, 2.05) is 18.7 Å². The predicted molar refractivity (Wildman–Crippen MR) is 184 cm³/mol. The molecule has 1 aromatic heterocycles. The monoisotopic (exact) mass is 672 g/mol. The Morgan fingerprint density at radius 2 is 1.82 bits per heavy atom. The zero-order valence-corrected chi connectivity index (χ0v) is 28.3. The van der Waals surface area contributed by atoms with Crippen molar-refractivity contribution in [1.29, 1.82) is 5.26 Å². The molecule has 1 unspecified atom stereocenters. The molecule has 3 aromatic carbocycles. The van der Waals surface area contributed by atoms with Gasteiger partial charge in [0, 0.05) is 61.0 Å². The summed E-state index contributed by atoms with van der Waals surface area (Å²) in [5.74, 6) is -0.729. The fourth-order valence-electron chi connectivity index (χ4n) is 7.80. The van der Waals surface area contributed by atoms with E-state index in [2.05, 4.69) is 70.8 Å². The molecule has 254 valence electrons. The lowest BCUT2D eigenvalue weighted by molar-refractivity contribution is -0.136. The molecular formula is C39H37FN6O4. The van der Waals surface area contributed by atoms with Crippen LogP contribution < -0.4 is 15.1 Å². The van der Waals surface area contributed by atoms with Crippen molar-refractivity contribution in [3.05, 3.63) is 94.1 Å². The van der Waals surface area contributed by atoms with Crippen LogP contribution in [0, 0.1) is 43.8 Å². The number of aryl methyl sites for hydroxylation is 3. The largest absolute Gasteiger partial charge is 0.368 e. The second kappa shape index (κ2) is 11.8. The van der Waals surface area contributed by atoms with Gasteiger partial charge in [-0.1, -0.05) is 29.4 Å². The Hall–Kier alpha value is -5.50. The number of carbonyl (C=O) groups is 3. The first-order valence-corrected chi connectivity index (χ1v) is 17.1. The number of nitrogens with one attached hydrogen (secondary N) is 1. The molecule has 3 aliphatic heterocycles. The Morgan fingerprint density at radius 1 is 1.06 bits per heavy atom. The van der Waals surface area contributed by atoms with Crippen LogP contribution in [0.4, 0.5) is 21.5 Å². The summed E-state index contributed by atoms with van der Waals surface area (Å²) in [4.78, 5) is 43.1. The van der Waals surface area contributed by atoms with E-state index < -0.39 is 17.8 Å². The van der Waals surface area contributed by atoms with E-state index >= 15 is 4.39 Å². The lowest BCUT2D eigenvalue weighted by Crippen LogP contribution is -2.52. The number of hydrogen-bond donors (Lipinski definition) is 1. The lowest BCUT2D eigenvalue weighted by Gasteiger charge is -2.44. The number of rotatable bonds is 8. The van der Waals surface area contributed by atoms with E-state index in [1.54, 1.807) is 6.07 Å². The quantitative estimate of drug-likeness (QED) is 0.226. The van der Waals surface area contributed by atoms with Crippen molar-refractivity contribution in [3.63, 3.8) is 0 Å². The van der Waals surface area contributed by atoms with Crippen LogP contribution in [0.5, 0.6) is 0 Å². The number of anilines is 3. The van der Waals surface area contributed by atoms with Crippen molar-refractivity contribution in [3.8, 4) is 17.2 Å². The molecule has 8 rings (SSSR count). The second-order valence-corrected chi connectivity index (χ2v) is 14.2. The highest BCUT2D eigenvalue weighted by Gasteiger charge is 2.45. The molecule has 0 radical (unpaired) electrons. The Bertz CT molecular complexity index is 2090. The Balaban J connectivity index is 1.04. The molecule has 2 saturated heterocycles. The van der Waals surface area contributed by atoms with Crippen molar-refractivity contribution in [1.82, 2.24) is 15.4 Å². The van der Waals surface area contributed by atoms with Gasteiger partial charge in [0.05, 0.1) is 22.9 Å². The smallest absolute Gasteiger partial charge is 0.255 e. The summed E-state index contributed by atoms with van der Waals surface area (Å²) in [5, 5.41) is 16.2. The Labute approximate surface area is 289 Å². The van der Waals surface area contributed by atoms with Gasteiger partial charge in [-0.15, -0.1) is 0 Å². The topological polar surface area (TPSA) is 123 Å². The van der Waals surface area contributed by atoms with Crippen molar-refractivity contribution >= 4 is 34.8 Å². The zero-order valence-electron chi connectivity index (χ0n) is 28.3. The number of hydrogen-bond acceptors (Lipinski definition) is 8. The number of halogens is 1. The third kappa shape index (κ3) is 5.30. The molecule has 1 atom stereocenters. The van der Waals surface area contributed by atoms with Gasteiger partial charge in [0.15, 0.2) is 0 Å². The molecule has 0 bridgehead atoms. The summed E-state index contributed by atoms with van der Waals surface area (Å²) in [5.41, 5.74) is 8.03. The number of imide groups is 1. The maximum atomic E-state index is 15.6. The van der Waals surface area contributed by atoms with Crippen LogP contribution in [-0.2, 0) is 21.5 Å². The molecule has 1 saturated carbocycles. The van der Waals surface area contributed by atoms with Crippen LogP contribution in [0.1, 0.15) is 64.2 Å². The minimum atomic E-state index is -0.748. The van der Waals surface area contributed by atoms with Gasteiger partial charge in [-0.2, -0.15) is 5.26 Å². The normalized spacial score (nSPS) is 19.6. The zero-order chi connectivity index (χ0) is 34.9. The summed E-state index contributed by atoms with van der Waals surface area (Å²) in [7, 11) is 0. The molecule has 1 aliphatic carbocycles. The standard InChI is InChI=1S/C39H37FN6O4/c1-22-4-5-26(36-23(2)43-50-24(36)3)14-33(22)45(29-8-6-28(7-9-29)39(21-41)12-13-39)19-25-17-44(18-25)34-15-27-20-46(38(49)30(27)16-31(34)40)32-10-11-35(47)42-37(32)48/h4-9,14-16,25,32H,10-13,17-20H2,1-3H3,(H,42,47,48). The summed E-state index contributed by atoms with van der Waals surface area (Å²) in [6, 6.07) is 19.5. The van der Waals surface area contributed by atoms with Crippen molar-refractivity contribution < 1.29 is 23.3 Å². The van der Waals surface area contributed by atoms with E-state index in [-0.39, 0.29) is 48.1 Å². The van der Waals surface area contributed by atoms with E-state index in [0.717, 1.165) is 57.9 Å². The number of fused-ring (bicyclic) bond motifs is 1. The summed E-state index contributed by atoms with van der Waals surface area (Å²) < 4.78 is 21.1. The third-order valence-corrected chi connectivity index (χ3v) is 10.8. The van der Waals surface area contributed by atoms with Crippen LogP contribution in [0.25, 0.3) is 11.1 Å². The molecule has 3 fully saturated rings. The molecule has 4 aromatic rings. The molecule has 10 nitrogen and oxygen atoms in total. The van der Waals surface area contributed by atoms with Gasteiger partial charge in [0.1, 0.15) is 17.6 Å². The Kier molecular flexibility index (Phi) is 7.51. The first-order chi connectivity index (χ1) is 24.0.